The molecule has 0 atom stereocenters. The Morgan fingerprint density at radius 2 is 0.478 bits per heavy atom. The topological polar surface area (TPSA) is 18.5 Å². The van der Waals surface area contributed by atoms with Crippen LogP contribution in [0.5, 0.6) is 23.0 Å². The minimum Gasteiger partial charge on any atom is -0.451 e. The molecule has 0 spiro atoms. The Morgan fingerprint density at radius 3 is 0.754 bits per heavy atom. The molecule has 1 aliphatic rings. The van der Waals surface area contributed by atoms with E-state index in [0.717, 1.165) is 24.3 Å². The molecule has 0 aliphatic heterocycles. The van der Waals surface area contributed by atoms with Gasteiger partial charge in [0.1, 0.15) is 11.5 Å². The van der Waals surface area contributed by atoms with Crippen molar-refractivity contribution in [2.24, 2.45) is 0 Å². The Bertz CT molecular complexity index is 3140. The van der Waals surface area contributed by atoms with Crippen molar-refractivity contribution in [2.75, 3.05) is 0 Å². The van der Waals surface area contributed by atoms with Crippen LogP contribution >= 0.6 is 0 Å². The highest BCUT2D eigenvalue weighted by molar-refractivity contribution is 5.86. The van der Waals surface area contributed by atoms with E-state index in [-0.39, 0.29) is 0 Å². The molecule has 0 amide bonds. The summed E-state index contributed by atoms with van der Waals surface area (Å²) in [5, 5.41) is 0. The first kappa shape index (κ1) is 46.2. The fraction of sp³-hybridized carbons (Fsp3) is 0.0204. The van der Waals surface area contributed by atoms with Gasteiger partial charge in [-0.1, -0.05) is 72.8 Å². The van der Waals surface area contributed by atoms with Crippen molar-refractivity contribution in [3.05, 3.63) is 224 Å². The Labute approximate surface area is 373 Å². The van der Waals surface area contributed by atoms with Crippen LogP contribution < -0.4 is 9.47 Å². The van der Waals surface area contributed by atoms with Gasteiger partial charge in [0, 0.05) is 0 Å². The number of hydrogen-bond donors (Lipinski definition) is 0. The van der Waals surface area contributed by atoms with Crippen molar-refractivity contribution in [3.8, 4) is 56.4 Å². The van der Waals surface area contributed by atoms with E-state index in [0.29, 0.717) is 33.4 Å². The normalized spacial score (nSPS) is 12.6. The summed E-state index contributed by atoms with van der Waals surface area (Å²) in [5.41, 5.74) is -7.51. The molecule has 0 saturated heterocycles. The van der Waals surface area contributed by atoms with Crippen LogP contribution in [0.2, 0.25) is 0 Å². The molecule has 1 aliphatic carbocycles. The average Bonchev–Trinajstić information content (AvgIpc) is 3.66. The number of ether oxygens (including phenoxy) is 2. The Kier molecular flexibility index (Phi) is 11.2. The summed E-state index contributed by atoms with van der Waals surface area (Å²) in [5.74, 6) is -52.1. The molecular weight excluding hydrogens is 963 g/mol. The zero-order valence-corrected chi connectivity index (χ0v) is 33.4. The molecule has 0 aromatic heterocycles. The van der Waals surface area contributed by atoms with E-state index in [2.05, 4.69) is 0 Å². The van der Waals surface area contributed by atoms with E-state index < -0.39 is 155 Å². The quantitative estimate of drug-likeness (QED) is 0.0858. The maximum Gasteiger partial charge on any atom is 0.205 e. The molecule has 9 rings (SSSR count). The molecule has 0 fully saturated rings. The maximum atomic E-state index is 15.4. The van der Waals surface area contributed by atoms with Crippen LogP contribution in [0.4, 0.5) is 79.0 Å². The lowest BCUT2D eigenvalue weighted by atomic mass is 9.68. The summed E-state index contributed by atoms with van der Waals surface area (Å²) >= 11 is 0. The molecule has 69 heavy (non-hydrogen) atoms. The predicted octanol–water partition coefficient (Wildman–Crippen LogP) is 15.5. The molecule has 0 heterocycles. The first-order valence-corrected chi connectivity index (χ1v) is 19.3. The van der Waals surface area contributed by atoms with Crippen LogP contribution in [-0.4, -0.2) is 0 Å². The van der Waals surface area contributed by atoms with Gasteiger partial charge in [0.25, 0.3) is 0 Å². The lowest BCUT2D eigenvalue weighted by Crippen LogP contribution is -2.28. The van der Waals surface area contributed by atoms with Gasteiger partial charge in [-0.25, -0.2) is 61.5 Å². The Balaban J connectivity index is 1.11. The highest BCUT2D eigenvalue weighted by atomic mass is 19.2. The SMILES string of the molecule is Fc1c(F)c(F)c(-c2c(F)c(F)c(Oc3ccc(C4(c5ccc(Oc6c(F)c(F)c(-c7c(F)c(F)c(F)c(F)c7F)c(F)c6F)cc5)c5ccccc5-c5ccccc54)cc3)c(F)c2F)c(F)c1F. The van der Waals surface area contributed by atoms with E-state index in [1.165, 1.54) is 24.3 Å². The fourth-order valence-electron chi connectivity index (χ4n) is 8.30. The van der Waals surface area contributed by atoms with Gasteiger partial charge in [-0.3, -0.25) is 0 Å². The lowest BCUT2D eigenvalue weighted by molar-refractivity contribution is 0.363. The zero-order valence-electron chi connectivity index (χ0n) is 33.4. The summed E-state index contributed by atoms with van der Waals surface area (Å²) in [6, 6.07) is 23.2. The predicted molar refractivity (Wildman–Crippen MR) is 207 cm³/mol. The highest BCUT2D eigenvalue weighted by Gasteiger charge is 2.46. The lowest BCUT2D eigenvalue weighted by Gasteiger charge is -2.34. The third-order valence-electron chi connectivity index (χ3n) is 11.3. The average molecular weight is 979 g/mol. The Hall–Kier alpha value is -7.90. The maximum absolute atomic E-state index is 15.4. The summed E-state index contributed by atoms with van der Waals surface area (Å²) < 4.78 is 274. The van der Waals surface area contributed by atoms with Crippen LogP contribution in [0.15, 0.2) is 97.1 Å². The van der Waals surface area contributed by atoms with Crippen LogP contribution in [0.1, 0.15) is 22.3 Å². The molecule has 0 bridgehead atoms. The summed E-state index contributed by atoms with van der Waals surface area (Å²) in [7, 11) is 0. The van der Waals surface area contributed by atoms with Crippen LogP contribution in [0.3, 0.4) is 0 Å². The van der Waals surface area contributed by atoms with Gasteiger partial charge in [-0.2, -0.15) is 17.6 Å². The minimum absolute atomic E-state index is 0.311. The second-order valence-electron chi connectivity index (χ2n) is 14.9. The van der Waals surface area contributed by atoms with Crippen LogP contribution in [-0.2, 0) is 5.41 Å². The number of halogens is 18. The number of fused-ring (bicyclic) bond motifs is 3. The summed E-state index contributed by atoms with van der Waals surface area (Å²) in [6.45, 7) is 0. The molecule has 8 aromatic carbocycles. The van der Waals surface area contributed by atoms with E-state index in [9.17, 15) is 43.9 Å². The first-order chi connectivity index (χ1) is 32.7. The molecular formula is C49H16F18O2. The number of hydrogen-bond acceptors (Lipinski definition) is 2. The van der Waals surface area contributed by atoms with E-state index in [1.807, 2.05) is 0 Å². The largest absolute Gasteiger partial charge is 0.451 e. The Morgan fingerprint density at radius 1 is 0.246 bits per heavy atom. The standard InChI is InChI=1S/C49H16F18O2/c50-29-25(30(51)38(59)41(62)37(29)58)27-33(54)43(64)47(44(65)34(27)55)68-19-13-9-17(10-14-19)49(23-7-3-1-5-21(23)22-6-2-4-8-24(22)49)18-11-15-20(16-12-18)69-48-45(66)35(56)28(36(57)46(48)67)26-31(52)39(60)42(63)40(61)32(26)53/h1-16H. The smallest absolute Gasteiger partial charge is 0.205 e. The van der Waals surface area contributed by atoms with Gasteiger partial charge in [0.2, 0.25) is 46.4 Å². The van der Waals surface area contributed by atoms with E-state index >= 15 is 35.1 Å². The zero-order chi connectivity index (χ0) is 49.7. The van der Waals surface area contributed by atoms with Crippen molar-refractivity contribution in [3.63, 3.8) is 0 Å². The fourth-order valence-corrected chi connectivity index (χ4v) is 8.30. The third kappa shape index (κ3) is 6.69. The van der Waals surface area contributed by atoms with Crippen molar-refractivity contribution in [1.29, 1.82) is 0 Å². The molecule has 8 aromatic rings. The monoisotopic (exact) mass is 978 g/mol. The molecule has 20 heteroatoms. The van der Waals surface area contributed by atoms with Gasteiger partial charge < -0.3 is 9.47 Å². The van der Waals surface area contributed by atoms with Gasteiger partial charge >= 0.3 is 0 Å². The van der Waals surface area contributed by atoms with Gasteiger partial charge in [0.15, 0.2) is 69.8 Å². The summed E-state index contributed by atoms with van der Waals surface area (Å²) in [6.07, 6.45) is 0. The van der Waals surface area contributed by atoms with E-state index in [4.69, 9.17) is 9.47 Å². The third-order valence-corrected chi connectivity index (χ3v) is 11.3. The molecule has 0 saturated carbocycles. The highest BCUT2D eigenvalue weighted by Crippen LogP contribution is 2.56. The van der Waals surface area contributed by atoms with Crippen LogP contribution in [0.25, 0.3) is 33.4 Å². The van der Waals surface area contributed by atoms with Crippen molar-refractivity contribution in [1.82, 2.24) is 0 Å². The van der Waals surface area contributed by atoms with Gasteiger partial charge in [-0.15, -0.1) is 0 Å². The second-order valence-corrected chi connectivity index (χ2v) is 14.9. The van der Waals surface area contributed by atoms with Crippen molar-refractivity contribution in [2.45, 2.75) is 5.41 Å². The second kappa shape index (κ2) is 16.7. The molecule has 0 N–H and O–H groups in total. The molecule has 2 nitrogen and oxygen atoms in total. The first-order valence-electron chi connectivity index (χ1n) is 19.3. The minimum atomic E-state index is -2.75. The van der Waals surface area contributed by atoms with Crippen molar-refractivity contribution >= 4 is 0 Å². The molecule has 350 valence electrons. The van der Waals surface area contributed by atoms with Crippen LogP contribution in [0, 0.1) is 105 Å². The molecule has 0 unspecified atom stereocenters. The van der Waals surface area contributed by atoms with Gasteiger partial charge in [0.05, 0.1) is 27.7 Å². The number of benzene rings is 8. The van der Waals surface area contributed by atoms with Gasteiger partial charge in [-0.05, 0) is 57.6 Å². The van der Waals surface area contributed by atoms with E-state index in [1.54, 1.807) is 48.5 Å². The van der Waals surface area contributed by atoms with Crippen molar-refractivity contribution < 1.29 is 88.5 Å². The number of rotatable bonds is 8. The molecule has 0 radical (unpaired) electrons. The summed E-state index contributed by atoms with van der Waals surface area (Å²) in [4.78, 5) is 0.